The van der Waals surface area contributed by atoms with Crippen LogP contribution in [0.15, 0.2) is 60.7 Å². The summed E-state index contributed by atoms with van der Waals surface area (Å²) in [6.45, 7) is 7.26. The van der Waals surface area contributed by atoms with Gasteiger partial charge >= 0.3 is 0 Å². The summed E-state index contributed by atoms with van der Waals surface area (Å²) in [5, 5.41) is 25.9. The van der Waals surface area contributed by atoms with Crippen molar-refractivity contribution in [3.63, 3.8) is 0 Å². The van der Waals surface area contributed by atoms with Gasteiger partial charge in [-0.3, -0.25) is 0 Å². The van der Waals surface area contributed by atoms with E-state index in [1.807, 2.05) is 12.1 Å². The van der Waals surface area contributed by atoms with Crippen LogP contribution in [0.25, 0.3) is 10.8 Å². The molecule has 4 heteroatoms. The third kappa shape index (κ3) is 5.89. The molecule has 0 spiro atoms. The molecule has 32 heavy (non-hydrogen) atoms. The molecule has 1 aliphatic carbocycles. The van der Waals surface area contributed by atoms with E-state index in [2.05, 4.69) is 62.5 Å². The summed E-state index contributed by atoms with van der Waals surface area (Å²) in [5.74, 6) is 0.859. The Balaban J connectivity index is 1.30. The van der Waals surface area contributed by atoms with E-state index in [0.717, 1.165) is 17.2 Å². The van der Waals surface area contributed by atoms with E-state index in [4.69, 9.17) is 4.74 Å². The highest BCUT2D eigenvalue weighted by Crippen LogP contribution is 2.44. The number of benzene rings is 3. The second-order valence-corrected chi connectivity index (χ2v) is 9.91. The zero-order valence-electron chi connectivity index (χ0n) is 19.3. The zero-order chi connectivity index (χ0) is 22.7. The van der Waals surface area contributed by atoms with Crippen molar-refractivity contribution in [3.05, 3.63) is 77.4 Å². The van der Waals surface area contributed by atoms with Crippen LogP contribution < -0.4 is 5.32 Å². The molecule has 2 atom stereocenters. The molecule has 4 rings (SSSR count). The lowest BCUT2D eigenvalue weighted by Gasteiger charge is -2.29. The minimum Gasteiger partial charge on any atom is -0.508 e. The highest BCUT2D eigenvalue weighted by molar-refractivity contribution is 5.84. The molecule has 0 amide bonds. The number of β-amino-alcohol motifs (C(OH)–C–C–N with tert-alkyl or cyclic N) is 1. The number of nitrogens with one attached hydrogen (secondary N) is 1. The van der Waals surface area contributed by atoms with Crippen molar-refractivity contribution < 1.29 is 14.9 Å². The molecule has 170 valence electrons. The number of hydrogen-bond donors (Lipinski definition) is 3. The normalized spacial score (nSPS) is 16.2. The fourth-order valence-corrected chi connectivity index (χ4v) is 4.42. The lowest BCUT2D eigenvalue weighted by atomic mass is 9.93. The Morgan fingerprint density at radius 3 is 2.50 bits per heavy atom. The van der Waals surface area contributed by atoms with Crippen LogP contribution in [0.1, 0.15) is 49.5 Å². The molecule has 0 saturated heterocycles. The van der Waals surface area contributed by atoms with E-state index < -0.39 is 6.10 Å². The molecule has 2 unspecified atom stereocenters. The van der Waals surface area contributed by atoms with Crippen LogP contribution in [0.4, 0.5) is 0 Å². The summed E-state index contributed by atoms with van der Waals surface area (Å²) in [6, 6.07) is 20.2. The molecule has 1 saturated carbocycles. The van der Waals surface area contributed by atoms with Gasteiger partial charge < -0.3 is 20.3 Å². The topological polar surface area (TPSA) is 61.7 Å². The van der Waals surface area contributed by atoms with E-state index in [9.17, 15) is 10.2 Å². The molecule has 0 bridgehead atoms. The summed E-state index contributed by atoms with van der Waals surface area (Å²) in [4.78, 5) is 0. The molecular formula is C28H35NO3. The van der Waals surface area contributed by atoms with Gasteiger partial charge in [-0.2, -0.15) is 0 Å². The maximum absolute atomic E-state index is 10.6. The molecule has 1 aliphatic rings. The van der Waals surface area contributed by atoms with Gasteiger partial charge in [0.25, 0.3) is 0 Å². The third-order valence-electron chi connectivity index (χ3n) is 6.36. The Morgan fingerprint density at radius 1 is 1.03 bits per heavy atom. The fraction of sp³-hybridized carbons (Fsp3) is 0.429. The molecular weight excluding hydrogens is 398 g/mol. The Labute approximate surface area is 191 Å². The SMILES string of the molecule is Cc1ccccc1C(OCC(O)CNC(C)(C)Cc1ccc2cc(O)ccc2c1)C1CC1. The molecule has 3 N–H and O–H groups in total. The largest absolute Gasteiger partial charge is 0.508 e. The van der Waals surface area contributed by atoms with Crippen molar-refractivity contribution in [2.75, 3.05) is 13.2 Å². The van der Waals surface area contributed by atoms with Gasteiger partial charge in [-0.05, 0) is 85.5 Å². The zero-order valence-corrected chi connectivity index (χ0v) is 19.3. The minimum atomic E-state index is -0.556. The molecule has 0 aliphatic heterocycles. The maximum atomic E-state index is 10.6. The van der Waals surface area contributed by atoms with Gasteiger partial charge in [-0.25, -0.2) is 0 Å². The number of rotatable bonds is 10. The lowest BCUT2D eigenvalue weighted by molar-refractivity contribution is -0.0213. The van der Waals surface area contributed by atoms with E-state index in [1.54, 1.807) is 12.1 Å². The van der Waals surface area contributed by atoms with Crippen LogP contribution in [0.3, 0.4) is 0 Å². The fourth-order valence-electron chi connectivity index (χ4n) is 4.42. The summed E-state index contributed by atoms with van der Waals surface area (Å²) >= 11 is 0. The summed E-state index contributed by atoms with van der Waals surface area (Å²) in [7, 11) is 0. The van der Waals surface area contributed by atoms with Crippen molar-refractivity contribution in [2.45, 2.75) is 57.8 Å². The van der Waals surface area contributed by atoms with Gasteiger partial charge in [-0.15, -0.1) is 0 Å². The number of ether oxygens (including phenoxy) is 1. The van der Waals surface area contributed by atoms with Crippen molar-refractivity contribution in [2.24, 2.45) is 5.92 Å². The number of phenolic OH excluding ortho intramolecular Hbond substituents is 1. The number of aromatic hydroxyl groups is 1. The average Bonchev–Trinajstić information content (AvgIpc) is 3.59. The van der Waals surface area contributed by atoms with Crippen LogP contribution in [0, 0.1) is 12.8 Å². The second kappa shape index (κ2) is 9.62. The van der Waals surface area contributed by atoms with Crippen LogP contribution in [-0.4, -0.2) is 35.0 Å². The molecule has 4 nitrogen and oxygen atoms in total. The smallest absolute Gasteiger partial charge is 0.116 e. The van der Waals surface area contributed by atoms with Crippen molar-refractivity contribution in [1.29, 1.82) is 0 Å². The first-order chi connectivity index (χ1) is 15.3. The van der Waals surface area contributed by atoms with E-state index in [1.165, 1.54) is 29.5 Å². The first-order valence-electron chi connectivity index (χ1n) is 11.6. The number of aliphatic hydroxyl groups excluding tert-OH is 1. The molecule has 0 heterocycles. The van der Waals surface area contributed by atoms with Gasteiger partial charge in [0.1, 0.15) is 5.75 Å². The molecule has 0 aromatic heterocycles. The van der Waals surface area contributed by atoms with Crippen LogP contribution in [0.5, 0.6) is 5.75 Å². The number of fused-ring (bicyclic) bond motifs is 1. The lowest BCUT2D eigenvalue weighted by Crippen LogP contribution is -2.46. The predicted octanol–water partition coefficient (Wildman–Crippen LogP) is 5.29. The van der Waals surface area contributed by atoms with E-state index in [0.29, 0.717) is 19.1 Å². The van der Waals surface area contributed by atoms with Crippen LogP contribution >= 0.6 is 0 Å². The molecule has 3 aromatic carbocycles. The van der Waals surface area contributed by atoms with Gasteiger partial charge in [-0.1, -0.05) is 48.5 Å². The Hall–Kier alpha value is -2.40. The molecule has 1 fully saturated rings. The maximum Gasteiger partial charge on any atom is 0.116 e. The average molecular weight is 434 g/mol. The summed E-state index contributed by atoms with van der Waals surface area (Å²) < 4.78 is 6.23. The van der Waals surface area contributed by atoms with E-state index >= 15 is 0 Å². The number of hydrogen-bond acceptors (Lipinski definition) is 4. The minimum absolute atomic E-state index is 0.0795. The van der Waals surface area contributed by atoms with Crippen molar-refractivity contribution in [3.8, 4) is 5.75 Å². The molecule has 0 radical (unpaired) electrons. The first-order valence-corrected chi connectivity index (χ1v) is 11.6. The number of aryl methyl sites for hydroxylation is 1. The Kier molecular flexibility index (Phi) is 6.85. The number of phenols is 1. The summed E-state index contributed by atoms with van der Waals surface area (Å²) in [6.07, 6.45) is 2.76. The Morgan fingerprint density at radius 2 is 1.75 bits per heavy atom. The van der Waals surface area contributed by atoms with Crippen molar-refractivity contribution >= 4 is 10.8 Å². The standard InChI is InChI=1S/C28H35NO3/c1-19-6-4-5-7-26(19)27(21-10-11-21)32-18-25(31)17-29-28(2,3)16-20-8-9-23-15-24(30)13-12-22(23)14-20/h4-9,12-15,21,25,27,29-31H,10-11,16-18H2,1-3H3. The molecule has 3 aromatic rings. The highest BCUT2D eigenvalue weighted by atomic mass is 16.5. The summed E-state index contributed by atoms with van der Waals surface area (Å²) in [5.41, 5.74) is 3.56. The van der Waals surface area contributed by atoms with Gasteiger partial charge in [0.2, 0.25) is 0 Å². The quantitative estimate of drug-likeness (QED) is 0.406. The highest BCUT2D eigenvalue weighted by Gasteiger charge is 2.34. The monoisotopic (exact) mass is 433 g/mol. The number of aliphatic hydroxyl groups is 1. The van der Waals surface area contributed by atoms with Gasteiger partial charge in [0.15, 0.2) is 0 Å². The Bertz CT molecular complexity index is 1060. The van der Waals surface area contributed by atoms with Crippen LogP contribution in [-0.2, 0) is 11.2 Å². The predicted molar refractivity (Wildman–Crippen MR) is 130 cm³/mol. The van der Waals surface area contributed by atoms with Crippen molar-refractivity contribution in [1.82, 2.24) is 5.32 Å². The first kappa shape index (κ1) is 22.8. The van der Waals surface area contributed by atoms with Crippen LogP contribution in [0.2, 0.25) is 0 Å². The van der Waals surface area contributed by atoms with E-state index in [-0.39, 0.29) is 17.4 Å². The second-order valence-electron chi connectivity index (χ2n) is 9.91. The van der Waals surface area contributed by atoms with Gasteiger partial charge in [0, 0.05) is 12.1 Å². The van der Waals surface area contributed by atoms with Gasteiger partial charge in [0.05, 0.1) is 18.8 Å². The third-order valence-corrected chi connectivity index (χ3v) is 6.36.